The number of aliphatic hydroxyl groups is 1. The van der Waals surface area contributed by atoms with E-state index in [0.29, 0.717) is 13.1 Å². The topological polar surface area (TPSA) is 61.8 Å². The lowest BCUT2D eigenvalue weighted by Crippen LogP contribution is -2.45. The molecule has 0 bridgehead atoms. The summed E-state index contributed by atoms with van der Waals surface area (Å²) in [6, 6.07) is 2.06. The highest BCUT2D eigenvalue weighted by Gasteiger charge is 2.28. The molecule has 3 rings (SSSR count). The van der Waals surface area contributed by atoms with Gasteiger partial charge >= 0.3 is 0 Å². The summed E-state index contributed by atoms with van der Waals surface area (Å²) < 4.78 is 5.29. The Labute approximate surface area is 139 Å². The molecule has 1 saturated heterocycles. The van der Waals surface area contributed by atoms with Crippen molar-refractivity contribution in [3.63, 3.8) is 0 Å². The fraction of sp³-hybridized carbons (Fsp3) is 0.667. The van der Waals surface area contributed by atoms with Crippen LogP contribution in [0.2, 0.25) is 0 Å². The predicted octanol–water partition coefficient (Wildman–Crippen LogP) is 0.888. The number of carbonyl (C=O) groups is 1. The van der Waals surface area contributed by atoms with Gasteiger partial charge in [-0.05, 0) is 29.2 Å². The number of carbonyl (C=O) groups excluding carboxylic acids is 1. The Balaban J connectivity index is 1.46. The Morgan fingerprint density at radius 1 is 1.50 bits per heavy atom. The van der Waals surface area contributed by atoms with E-state index in [1.807, 2.05) is 0 Å². The zero-order valence-electron chi connectivity index (χ0n) is 12.5. The third-order valence-electron chi connectivity index (χ3n) is 4.00. The molecule has 2 aliphatic heterocycles. The molecule has 122 valence electrons. The number of rotatable bonds is 5. The van der Waals surface area contributed by atoms with Gasteiger partial charge in [-0.3, -0.25) is 9.69 Å². The summed E-state index contributed by atoms with van der Waals surface area (Å²) >= 11 is 3.42. The number of morpholine rings is 1. The van der Waals surface area contributed by atoms with Crippen molar-refractivity contribution in [1.82, 2.24) is 10.2 Å². The standard InChI is InChI=1S/C15H22N2O3S2/c18-11(10-17-3-5-20-6-4-17)9-16-15(19)14-12-1-7-21-13(12)2-8-22-14/h1,7,11,14,18H,2-6,8-10H2,(H,16,19)/t11-,14-/m0/s1. The molecule has 1 aromatic rings. The first-order chi connectivity index (χ1) is 10.7. The molecule has 7 heteroatoms. The molecule has 0 unspecified atom stereocenters. The van der Waals surface area contributed by atoms with Gasteiger partial charge in [0.2, 0.25) is 5.91 Å². The maximum absolute atomic E-state index is 12.4. The van der Waals surface area contributed by atoms with Gasteiger partial charge in [-0.2, -0.15) is 0 Å². The van der Waals surface area contributed by atoms with Crippen LogP contribution in [-0.2, 0) is 16.0 Å². The molecule has 3 heterocycles. The fourth-order valence-electron chi connectivity index (χ4n) is 2.82. The molecule has 0 saturated carbocycles. The van der Waals surface area contributed by atoms with E-state index in [-0.39, 0.29) is 11.2 Å². The van der Waals surface area contributed by atoms with Crippen LogP contribution in [0, 0.1) is 0 Å². The summed E-state index contributed by atoms with van der Waals surface area (Å²) in [6.45, 7) is 4.04. The first kappa shape index (κ1) is 16.3. The number of β-amino-alcohol motifs (C(OH)–C–C–N with tert-alkyl or cyclic N) is 1. The van der Waals surface area contributed by atoms with E-state index in [1.165, 1.54) is 4.88 Å². The van der Waals surface area contributed by atoms with Crippen molar-refractivity contribution in [2.75, 3.05) is 45.1 Å². The molecule has 1 fully saturated rings. The highest BCUT2D eigenvalue weighted by atomic mass is 32.2. The molecule has 1 amide bonds. The Morgan fingerprint density at radius 2 is 2.32 bits per heavy atom. The van der Waals surface area contributed by atoms with Crippen molar-refractivity contribution < 1.29 is 14.6 Å². The second kappa shape index (κ2) is 7.79. The highest BCUT2D eigenvalue weighted by molar-refractivity contribution is 8.00. The number of amides is 1. The van der Waals surface area contributed by atoms with Gasteiger partial charge in [-0.1, -0.05) is 0 Å². The van der Waals surface area contributed by atoms with Gasteiger partial charge in [0.25, 0.3) is 0 Å². The molecule has 0 aliphatic carbocycles. The second-order valence-electron chi connectivity index (χ2n) is 5.61. The summed E-state index contributed by atoms with van der Waals surface area (Å²) in [5, 5.41) is 15.0. The minimum absolute atomic E-state index is 0.0189. The number of nitrogens with one attached hydrogen (secondary N) is 1. The number of aryl methyl sites for hydroxylation is 1. The minimum atomic E-state index is -0.530. The van der Waals surface area contributed by atoms with E-state index in [0.717, 1.165) is 44.0 Å². The molecule has 2 aliphatic rings. The number of nitrogens with zero attached hydrogens (tertiary/aromatic N) is 1. The van der Waals surface area contributed by atoms with E-state index in [4.69, 9.17) is 4.74 Å². The Bertz CT molecular complexity index is 503. The molecule has 1 aromatic heterocycles. The van der Waals surface area contributed by atoms with E-state index in [2.05, 4.69) is 21.7 Å². The monoisotopic (exact) mass is 342 g/mol. The van der Waals surface area contributed by atoms with Crippen LogP contribution in [0.4, 0.5) is 0 Å². The van der Waals surface area contributed by atoms with Crippen LogP contribution < -0.4 is 5.32 Å². The number of hydrogen-bond acceptors (Lipinski definition) is 6. The van der Waals surface area contributed by atoms with Crippen molar-refractivity contribution in [2.24, 2.45) is 0 Å². The normalized spacial score (nSPS) is 23.8. The number of hydrogen-bond donors (Lipinski definition) is 2. The number of thiophene rings is 1. The summed E-state index contributed by atoms with van der Waals surface area (Å²) in [5.74, 6) is 1.01. The minimum Gasteiger partial charge on any atom is -0.390 e. The average molecular weight is 342 g/mol. The SMILES string of the molecule is O=C(NC[C@H](O)CN1CCOCC1)[C@H]1SCCc2sccc21. The first-order valence-electron chi connectivity index (χ1n) is 7.68. The first-order valence-corrected chi connectivity index (χ1v) is 9.60. The van der Waals surface area contributed by atoms with Gasteiger partial charge in [0.05, 0.1) is 19.3 Å². The summed E-state index contributed by atoms with van der Waals surface area (Å²) in [4.78, 5) is 15.9. The van der Waals surface area contributed by atoms with Gasteiger partial charge in [0.15, 0.2) is 0 Å². The second-order valence-corrected chi connectivity index (χ2v) is 7.83. The zero-order valence-corrected chi connectivity index (χ0v) is 14.1. The molecule has 2 N–H and O–H groups in total. The molecular formula is C15H22N2O3S2. The van der Waals surface area contributed by atoms with E-state index < -0.39 is 6.10 Å². The van der Waals surface area contributed by atoms with Gasteiger partial charge in [-0.25, -0.2) is 0 Å². The maximum atomic E-state index is 12.4. The number of thioether (sulfide) groups is 1. The third-order valence-corrected chi connectivity index (χ3v) is 6.24. The lowest BCUT2D eigenvalue weighted by Gasteiger charge is -2.29. The van der Waals surface area contributed by atoms with Gasteiger partial charge < -0.3 is 15.2 Å². The van der Waals surface area contributed by atoms with Gasteiger partial charge in [0, 0.05) is 31.1 Å². The van der Waals surface area contributed by atoms with Gasteiger partial charge in [0.1, 0.15) is 5.25 Å². The summed E-state index contributed by atoms with van der Waals surface area (Å²) in [6.07, 6.45) is 0.527. The van der Waals surface area contributed by atoms with Crippen molar-refractivity contribution >= 4 is 29.0 Å². The third kappa shape index (κ3) is 4.02. The molecule has 2 atom stereocenters. The molecule has 0 aromatic carbocycles. The lowest BCUT2D eigenvalue weighted by atomic mass is 10.1. The Hall–Kier alpha value is -0.600. The smallest absolute Gasteiger partial charge is 0.237 e. The summed E-state index contributed by atoms with van der Waals surface area (Å²) in [5.41, 5.74) is 1.15. The maximum Gasteiger partial charge on any atom is 0.237 e. The van der Waals surface area contributed by atoms with Crippen LogP contribution in [0.3, 0.4) is 0 Å². The van der Waals surface area contributed by atoms with Crippen molar-refractivity contribution in [2.45, 2.75) is 17.8 Å². The fourth-order valence-corrected chi connectivity index (χ4v) is 5.14. The molecule has 0 radical (unpaired) electrons. The van der Waals surface area contributed by atoms with Crippen LogP contribution in [0.5, 0.6) is 0 Å². The number of aliphatic hydroxyl groups excluding tert-OH is 1. The van der Waals surface area contributed by atoms with Gasteiger partial charge in [-0.15, -0.1) is 23.1 Å². The van der Waals surface area contributed by atoms with E-state index >= 15 is 0 Å². The van der Waals surface area contributed by atoms with E-state index in [1.54, 1.807) is 23.1 Å². The number of ether oxygens (including phenoxy) is 1. The molecule has 0 spiro atoms. The highest BCUT2D eigenvalue weighted by Crippen LogP contribution is 2.39. The summed E-state index contributed by atoms with van der Waals surface area (Å²) in [7, 11) is 0. The predicted molar refractivity (Wildman–Crippen MR) is 89.5 cm³/mol. The van der Waals surface area contributed by atoms with Crippen molar-refractivity contribution in [3.05, 3.63) is 21.9 Å². The zero-order chi connectivity index (χ0) is 15.4. The quantitative estimate of drug-likeness (QED) is 0.832. The number of fused-ring (bicyclic) bond motifs is 1. The Kier molecular flexibility index (Phi) is 5.76. The lowest BCUT2D eigenvalue weighted by molar-refractivity contribution is -0.121. The van der Waals surface area contributed by atoms with Crippen LogP contribution in [0.15, 0.2) is 11.4 Å². The van der Waals surface area contributed by atoms with Crippen LogP contribution >= 0.6 is 23.1 Å². The van der Waals surface area contributed by atoms with Crippen molar-refractivity contribution in [1.29, 1.82) is 0 Å². The molecule has 5 nitrogen and oxygen atoms in total. The van der Waals surface area contributed by atoms with Crippen molar-refractivity contribution in [3.8, 4) is 0 Å². The molecule has 22 heavy (non-hydrogen) atoms. The van der Waals surface area contributed by atoms with E-state index in [9.17, 15) is 9.90 Å². The average Bonchev–Trinajstić information content (AvgIpc) is 3.02. The Morgan fingerprint density at radius 3 is 3.14 bits per heavy atom. The van der Waals surface area contributed by atoms with Crippen LogP contribution in [0.25, 0.3) is 0 Å². The molecular weight excluding hydrogens is 320 g/mol. The van der Waals surface area contributed by atoms with Crippen LogP contribution in [0.1, 0.15) is 15.7 Å². The largest absolute Gasteiger partial charge is 0.390 e. The van der Waals surface area contributed by atoms with Crippen LogP contribution in [-0.4, -0.2) is 67.2 Å².